The summed E-state index contributed by atoms with van der Waals surface area (Å²) in [6, 6.07) is 0. The van der Waals surface area contributed by atoms with Crippen LogP contribution in [-0.2, 0) is 19.1 Å². The van der Waals surface area contributed by atoms with E-state index in [2.05, 4.69) is 5.32 Å². The highest BCUT2D eigenvalue weighted by molar-refractivity contribution is 5.85. The Labute approximate surface area is 113 Å². The van der Waals surface area contributed by atoms with Crippen molar-refractivity contribution in [1.82, 2.24) is 5.32 Å². The number of hydrogen-bond acceptors (Lipinski definition) is 4. The van der Waals surface area contributed by atoms with E-state index in [9.17, 15) is 14.7 Å². The molecule has 0 bridgehead atoms. The lowest BCUT2D eigenvalue weighted by Gasteiger charge is -2.34. The molecule has 110 valence electrons. The van der Waals surface area contributed by atoms with Crippen LogP contribution >= 0.6 is 0 Å². The zero-order chi connectivity index (χ0) is 14.5. The standard InChI is InChI=1S/C13H23NO5/c1-4-12(2,18-3)10(15)14-9-13(11(16)17)5-7-19-8-6-13/h4-9H2,1-3H3,(H,14,15)(H,16,17). The molecule has 6 nitrogen and oxygen atoms in total. The minimum absolute atomic E-state index is 0.115. The number of methoxy groups -OCH3 is 1. The van der Waals surface area contributed by atoms with Crippen LogP contribution in [0.4, 0.5) is 0 Å². The second kappa shape index (κ2) is 6.34. The molecule has 0 saturated carbocycles. The average Bonchev–Trinajstić information content (AvgIpc) is 2.44. The Balaban J connectivity index is 2.67. The molecule has 0 aromatic heterocycles. The fourth-order valence-corrected chi connectivity index (χ4v) is 2.06. The molecule has 0 radical (unpaired) electrons. The van der Waals surface area contributed by atoms with Gasteiger partial charge in [-0.3, -0.25) is 9.59 Å². The van der Waals surface area contributed by atoms with Crippen molar-refractivity contribution in [3.05, 3.63) is 0 Å². The molecule has 6 heteroatoms. The number of aliphatic carboxylic acids is 1. The molecule has 19 heavy (non-hydrogen) atoms. The molecular formula is C13H23NO5. The highest BCUT2D eigenvalue weighted by Gasteiger charge is 2.42. The minimum atomic E-state index is -0.920. The van der Waals surface area contributed by atoms with Gasteiger partial charge >= 0.3 is 5.97 Å². The molecular weight excluding hydrogens is 250 g/mol. The average molecular weight is 273 g/mol. The molecule has 1 fully saturated rings. The first-order chi connectivity index (χ1) is 8.90. The molecule has 1 atom stereocenters. The van der Waals surface area contributed by atoms with E-state index in [1.54, 1.807) is 6.92 Å². The molecule has 1 aliphatic rings. The second-order valence-corrected chi connectivity index (χ2v) is 5.17. The van der Waals surface area contributed by atoms with Crippen LogP contribution in [0.25, 0.3) is 0 Å². The molecule has 1 amide bonds. The quantitative estimate of drug-likeness (QED) is 0.747. The molecule has 1 rings (SSSR count). The molecule has 0 aromatic carbocycles. The number of nitrogens with one attached hydrogen (secondary N) is 1. The fourth-order valence-electron chi connectivity index (χ4n) is 2.06. The van der Waals surface area contributed by atoms with Gasteiger partial charge in [0.05, 0.1) is 5.41 Å². The van der Waals surface area contributed by atoms with E-state index in [-0.39, 0.29) is 12.5 Å². The van der Waals surface area contributed by atoms with Crippen LogP contribution in [0.5, 0.6) is 0 Å². The number of hydrogen-bond donors (Lipinski definition) is 2. The highest BCUT2D eigenvalue weighted by Crippen LogP contribution is 2.30. The summed E-state index contributed by atoms with van der Waals surface area (Å²) in [6.07, 6.45) is 1.36. The molecule has 1 saturated heterocycles. The van der Waals surface area contributed by atoms with Gasteiger partial charge in [0.15, 0.2) is 0 Å². The second-order valence-electron chi connectivity index (χ2n) is 5.17. The van der Waals surface area contributed by atoms with E-state index in [0.29, 0.717) is 32.5 Å². The monoisotopic (exact) mass is 273 g/mol. The van der Waals surface area contributed by atoms with E-state index >= 15 is 0 Å². The number of ether oxygens (including phenoxy) is 2. The van der Waals surface area contributed by atoms with Crippen molar-refractivity contribution >= 4 is 11.9 Å². The van der Waals surface area contributed by atoms with Crippen LogP contribution in [0, 0.1) is 5.41 Å². The number of carboxylic acid groups (broad SMARTS) is 1. The molecule has 0 aromatic rings. The number of carbonyl (C=O) groups is 2. The topological polar surface area (TPSA) is 84.9 Å². The summed E-state index contributed by atoms with van der Waals surface area (Å²) in [7, 11) is 1.48. The van der Waals surface area contributed by atoms with Gasteiger partial charge in [-0.25, -0.2) is 0 Å². The van der Waals surface area contributed by atoms with Gasteiger partial charge in [0.1, 0.15) is 5.60 Å². The minimum Gasteiger partial charge on any atom is -0.481 e. The Bertz CT molecular complexity index is 332. The van der Waals surface area contributed by atoms with Crippen molar-refractivity contribution in [2.45, 2.75) is 38.7 Å². The molecule has 1 heterocycles. The van der Waals surface area contributed by atoms with Crippen molar-refractivity contribution in [3.63, 3.8) is 0 Å². The zero-order valence-electron chi connectivity index (χ0n) is 11.8. The van der Waals surface area contributed by atoms with Crippen LogP contribution in [-0.4, -0.2) is 49.5 Å². The maximum absolute atomic E-state index is 12.1. The van der Waals surface area contributed by atoms with Crippen molar-refractivity contribution < 1.29 is 24.2 Å². The van der Waals surface area contributed by atoms with E-state index in [4.69, 9.17) is 9.47 Å². The zero-order valence-corrected chi connectivity index (χ0v) is 11.8. The van der Waals surface area contributed by atoms with Crippen LogP contribution in [0.2, 0.25) is 0 Å². The highest BCUT2D eigenvalue weighted by atomic mass is 16.5. The molecule has 1 aliphatic heterocycles. The summed E-state index contributed by atoms with van der Waals surface area (Å²) in [5.74, 6) is -1.16. The van der Waals surface area contributed by atoms with Gasteiger partial charge < -0.3 is 19.9 Å². The first-order valence-corrected chi connectivity index (χ1v) is 6.55. The molecule has 1 unspecified atom stereocenters. The Morgan fingerprint density at radius 1 is 1.42 bits per heavy atom. The lowest BCUT2D eigenvalue weighted by Crippen LogP contribution is -2.52. The van der Waals surface area contributed by atoms with E-state index in [1.807, 2.05) is 6.92 Å². The summed E-state index contributed by atoms with van der Waals surface area (Å²) in [4.78, 5) is 23.5. The largest absolute Gasteiger partial charge is 0.481 e. The van der Waals surface area contributed by atoms with Crippen LogP contribution < -0.4 is 5.32 Å². The van der Waals surface area contributed by atoms with E-state index < -0.39 is 17.0 Å². The fraction of sp³-hybridized carbons (Fsp3) is 0.846. The van der Waals surface area contributed by atoms with Crippen molar-refractivity contribution in [2.24, 2.45) is 5.41 Å². The van der Waals surface area contributed by atoms with Crippen molar-refractivity contribution in [3.8, 4) is 0 Å². The number of carbonyl (C=O) groups excluding carboxylic acids is 1. The summed E-state index contributed by atoms with van der Waals surface area (Å²) in [5, 5.41) is 12.1. The summed E-state index contributed by atoms with van der Waals surface area (Å²) >= 11 is 0. The smallest absolute Gasteiger partial charge is 0.311 e. The van der Waals surface area contributed by atoms with Gasteiger partial charge in [-0.05, 0) is 26.2 Å². The van der Waals surface area contributed by atoms with E-state index in [0.717, 1.165) is 0 Å². The van der Waals surface area contributed by atoms with Gasteiger partial charge in [-0.1, -0.05) is 6.92 Å². The predicted molar refractivity (Wildman–Crippen MR) is 68.8 cm³/mol. The summed E-state index contributed by atoms with van der Waals surface area (Å²) < 4.78 is 10.4. The maximum atomic E-state index is 12.1. The predicted octanol–water partition coefficient (Wildman–Crippen LogP) is 0.799. The van der Waals surface area contributed by atoms with Crippen LogP contribution in [0.1, 0.15) is 33.1 Å². The Morgan fingerprint density at radius 3 is 2.42 bits per heavy atom. The number of amides is 1. The maximum Gasteiger partial charge on any atom is 0.311 e. The van der Waals surface area contributed by atoms with Gasteiger partial charge in [0.25, 0.3) is 5.91 Å². The van der Waals surface area contributed by atoms with Gasteiger partial charge in [0.2, 0.25) is 0 Å². The van der Waals surface area contributed by atoms with Crippen molar-refractivity contribution in [2.75, 3.05) is 26.9 Å². The first-order valence-electron chi connectivity index (χ1n) is 6.55. The summed E-state index contributed by atoms with van der Waals surface area (Å²) in [6.45, 7) is 4.49. The Hall–Kier alpha value is -1.14. The Morgan fingerprint density at radius 2 is 2.00 bits per heavy atom. The first kappa shape index (κ1) is 15.9. The Kier molecular flexibility index (Phi) is 5.31. The van der Waals surface area contributed by atoms with Gasteiger partial charge in [-0.15, -0.1) is 0 Å². The number of rotatable bonds is 6. The van der Waals surface area contributed by atoms with Crippen LogP contribution in [0.3, 0.4) is 0 Å². The van der Waals surface area contributed by atoms with Crippen LogP contribution in [0.15, 0.2) is 0 Å². The third-order valence-corrected chi connectivity index (χ3v) is 4.10. The lowest BCUT2D eigenvalue weighted by molar-refractivity contribution is -0.156. The third-order valence-electron chi connectivity index (χ3n) is 4.10. The number of carboxylic acids is 1. The van der Waals surface area contributed by atoms with Gasteiger partial charge in [-0.2, -0.15) is 0 Å². The normalized spacial score (nSPS) is 21.4. The van der Waals surface area contributed by atoms with E-state index in [1.165, 1.54) is 7.11 Å². The van der Waals surface area contributed by atoms with Crippen molar-refractivity contribution in [1.29, 1.82) is 0 Å². The SMILES string of the molecule is CCC(C)(OC)C(=O)NCC1(C(=O)O)CCOCC1. The molecule has 0 aliphatic carbocycles. The molecule has 2 N–H and O–H groups in total. The third kappa shape index (κ3) is 3.45. The van der Waals surface area contributed by atoms with Gasteiger partial charge in [0, 0.05) is 26.9 Å². The lowest BCUT2D eigenvalue weighted by atomic mass is 9.80. The summed E-state index contributed by atoms with van der Waals surface area (Å²) in [5.41, 5.74) is -1.83. The molecule has 0 spiro atoms.